The number of nitrogens with one attached hydrogen (secondary N) is 2. The van der Waals surface area contributed by atoms with E-state index in [0.717, 1.165) is 33.9 Å². The third-order valence-electron chi connectivity index (χ3n) is 7.08. The molecule has 0 aromatic heterocycles. The zero-order chi connectivity index (χ0) is 26.9. The van der Waals surface area contributed by atoms with Gasteiger partial charge in [0.05, 0.1) is 46.0 Å². The smallest absolute Gasteiger partial charge is 0.218 e. The van der Waals surface area contributed by atoms with E-state index in [9.17, 15) is 0 Å². The SMILES string of the molecule is CC(C)(C)C1COC(c2ccccc2Nc2ccccc2Nc2ccccc2C2=NC(C(C)(C)C)CO2)=N1. The van der Waals surface area contributed by atoms with Gasteiger partial charge in [-0.15, -0.1) is 0 Å². The third kappa shape index (κ3) is 5.54. The number of rotatable bonds is 6. The summed E-state index contributed by atoms with van der Waals surface area (Å²) < 4.78 is 12.1. The van der Waals surface area contributed by atoms with Gasteiger partial charge >= 0.3 is 0 Å². The van der Waals surface area contributed by atoms with Crippen molar-refractivity contribution in [2.75, 3.05) is 23.8 Å². The van der Waals surface area contributed by atoms with Gasteiger partial charge in [-0.1, -0.05) is 77.9 Å². The van der Waals surface area contributed by atoms with Gasteiger partial charge in [0, 0.05) is 0 Å². The Hall–Kier alpha value is -3.80. The highest BCUT2D eigenvalue weighted by atomic mass is 16.5. The molecule has 0 amide bonds. The van der Waals surface area contributed by atoms with Crippen LogP contribution in [0, 0.1) is 10.8 Å². The summed E-state index contributed by atoms with van der Waals surface area (Å²) in [5.74, 6) is 1.38. The zero-order valence-corrected chi connectivity index (χ0v) is 23.2. The lowest BCUT2D eigenvalue weighted by Gasteiger charge is -2.21. The van der Waals surface area contributed by atoms with Crippen molar-refractivity contribution in [1.82, 2.24) is 0 Å². The van der Waals surface area contributed by atoms with Crippen LogP contribution in [0.15, 0.2) is 82.8 Å². The summed E-state index contributed by atoms with van der Waals surface area (Å²) in [5, 5.41) is 7.25. The first-order chi connectivity index (χ1) is 18.1. The summed E-state index contributed by atoms with van der Waals surface area (Å²) in [6.07, 6.45) is 0. The molecule has 5 rings (SSSR count). The van der Waals surface area contributed by atoms with Gasteiger partial charge in [-0.25, -0.2) is 9.98 Å². The Morgan fingerprint density at radius 3 is 1.24 bits per heavy atom. The van der Waals surface area contributed by atoms with E-state index in [0.29, 0.717) is 25.0 Å². The lowest BCUT2D eigenvalue weighted by Crippen LogP contribution is -2.25. The standard InChI is InChI=1S/C32H38N4O2/c1-31(2,3)27-19-37-29(35-27)21-13-7-9-15-23(21)33-25-17-11-12-18-26(25)34-24-16-10-8-14-22(24)30-36-28(20-38-30)32(4,5)6/h7-18,27-28,33-34H,19-20H2,1-6H3. The van der Waals surface area contributed by atoms with Gasteiger partial charge < -0.3 is 20.1 Å². The molecular weight excluding hydrogens is 472 g/mol. The molecule has 2 aliphatic rings. The highest BCUT2D eigenvalue weighted by molar-refractivity contribution is 6.03. The fraction of sp³-hybridized carbons (Fsp3) is 0.375. The highest BCUT2D eigenvalue weighted by Crippen LogP contribution is 2.34. The van der Waals surface area contributed by atoms with Crippen LogP contribution in [-0.4, -0.2) is 37.1 Å². The van der Waals surface area contributed by atoms with E-state index in [1.165, 1.54) is 0 Å². The van der Waals surface area contributed by atoms with Gasteiger partial charge in [0.2, 0.25) is 11.8 Å². The average Bonchev–Trinajstić information content (AvgIpc) is 3.57. The maximum atomic E-state index is 6.05. The number of anilines is 4. The summed E-state index contributed by atoms with van der Waals surface area (Å²) in [6, 6.07) is 24.8. The van der Waals surface area contributed by atoms with E-state index in [4.69, 9.17) is 19.5 Å². The summed E-state index contributed by atoms with van der Waals surface area (Å²) in [7, 11) is 0. The maximum Gasteiger partial charge on any atom is 0.218 e. The molecule has 0 spiro atoms. The van der Waals surface area contributed by atoms with E-state index in [1.54, 1.807) is 0 Å². The van der Waals surface area contributed by atoms with Gasteiger partial charge in [0.15, 0.2) is 0 Å². The number of aliphatic imine (C=N–C) groups is 2. The molecular formula is C32H38N4O2. The quantitative estimate of drug-likeness (QED) is 0.359. The Labute approximate surface area is 226 Å². The van der Waals surface area contributed by atoms with Crippen LogP contribution in [0.1, 0.15) is 52.7 Å². The Bertz CT molecular complexity index is 1260. The number of para-hydroxylation sites is 4. The predicted octanol–water partition coefficient (Wildman–Crippen LogP) is 7.56. The van der Waals surface area contributed by atoms with Crippen LogP contribution < -0.4 is 10.6 Å². The van der Waals surface area contributed by atoms with Crippen molar-refractivity contribution in [3.05, 3.63) is 83.9 Å². The van der Waals surface area contributed by atoms with Crippen LogP contribution in [0.4, 0.5) is 22.7 Å². The minimum atomic E-state index is 0.0499. The summed E-state index contributed by atoms with van der Waals surface area (Å²) >= 11 is 0. The van der Waals surface area contributed by atoms with E-state index in [2.05, 4.69) is 88.6 Å². The van der Waals surface area contributed by atoms with Gasteiger partial charge in [-0.2, -0.15) is 0 Å². The molecule has 0 saturated carbocycles. The molecule has 0 aliphatic carbocycles. The van der Waals surface area contributed by atoms with Gasteiger partial charge in [0.1, 0.15) is 13.2 Å². The fourth-order valence-electron chi connectivity index (χ4n) is 4.48. The number of ether oxygens (including phenoxy) is 2. The predicted molar refractivity (Wildman–Crippen MR) is 157 cm³/mol. The number of nitrogens with zero attached hydrogens (tertiary/aromatic N) is 2. The molecule has 198 valence electrons. The van der Waals surface area contributed by atoms with Gasteiger partial charge in [-0.05, 0) is 47.2 Å². The molecule has 0 fully saturated rings. The third-order valence-corrected chi connectivity index (χ3v) is 7.08. The lowest BCUT2D eigenvalue weighted by molar-refractivity contribution is 0.235. The van der Waals surface area contributed by atoms with Crippen molar-refractivity contribution >= 4 is 34.5 Å². The molecule has 6 nitrogen and oxygen atoms in total. The second-order valence-corrected chi connectivity index (χ2v) is 12.1. The topological polar surface area (TPSA) is 67.2 Å². The molecule has 2 heterocycles. The van der Waals surface area contributed by atoms with Crippen LogP contribution >= 0.6 is 0 Å². The van der Waals surface area contributed by atoms with E-state index in [1.807, 2.05) is 36.4 Å². The van der Waals surface area contributed by atoms with E-state index in [-0.39, 0.29) is 22.9 Å². The molecule has 6 heteroatoms. The average molecular weight is 511 g/mol. The van der Waals surface area contributed by atoms with Crippen LogP contribution in [-0.2, 0) is 9.47 Å². The molecule has 2 aliphatic heterocycles. The van der Waals surface area contributed by atoms with E-state index >= 15 is 0 Å². The molecule has 2 atom stereocenters. The molecule has 38 heavy (non-hydrogen) atoms. The van der Waals surface area contributed by atoms with Gasteiger partial charge in [0.25, 0.3) is 0 Å². The normalized spacial score (nSPS) is 19.3. The van der Waals surface area contributed by atoms with Crippen LogP contribution in [0.3, 0.4) is 0 Å². The second kappa shape index (κ2) is 10.2. The molecule has 3 aromatic rings. The Kier molecular flexibility index (Phi) is 6.91. The number of benzene rings is 3. The summed E-state index contributed by atoms with van der Waals surface area (Å²) in [6.45, 7) is 14.4. The second-order valence-electron chi connectivity index (χ2n) is 12.1. The highest BCUT2D eigenvalue weighted by Gasteiger charge is 2.32. The van der Waals surface area contributed by atoms with Crippen molar-refractivity contribution in [3.8, 4) is 0 Å². The van der Waals surface area contributed by atoms with Crippen molar-refractivity contribution in [3.63, 3.8) is 0 Å². The Morgan fingerprint density at radius 1 is 0.553 bits per heavy atom. The van der Waals surface area contributed by atoms with Crippen molar-refractivity contribution < 1.29 is 9.47 Å². The first kappa shape index (κ1) is 25.8. The minimum absolute atomic E-state index is 0.0499. The van der Waals surface area contributed by atoms with Gasteiger partial charge in [-0.3, -0.25) is 0 Å². The number of hydrogen-bond donors (Lipinski definition) is 2. The lowest BCUT2D eigenvalue weighted by atomic mass is 9.88. The first-order valence-electron chi connectivity index (χ1n) is 13.3. The minimum Gasteiger partial charge on any atom is -0.475 e. The maximum absolute atomic E-state index is 6.05. The molecule has 3 aromatic carbocycles. The van der Waals surface area contributed by atoms with Crippen molar-refractivity contribution in [1.29, 1.82) is 0 Å². The van der Waals surface area contributed by atoms with Crippen molar-refractivity contribution in [2.24, 2.45) is 20.8 Å². The molecule has 0 saturated heterocycles. The summed E-state index contributed by atoms with van der Waals surface area (Å²) in [4.78, 5) is 9.83. The molecule has 2 N–H and O–H groups in total. The Morgan fingerprint density at radius 2 is 0.895 bits per heavy atom. The van der Waals surface area contributed by atoms with Crippen LogP contribution in [0.25, 0.3) is 0 Å². The van der Waals surface area contributed by atoms with Crippen LogP contribution in [0.2, 0.25) is 0 Å². The number of hydrogen-bond acceptors (Lipinski definition) is 6. The van der Waals surface area contributed by atoms with E-state index < -0.39 is 0 Å². The first-order valence-corrected chi connectivity index (χ1v) is 13.3. The molecule has 2 unspecified atom stereocenters. The Balaban J connectivity index is 1.43. The van der Waals surface area contributed by atoms with Crippen molar-refractivity contribution in [2.45, 2.75) is 53.6 Å². The fourth-order valence-corrected chi connectivity index (χ4v) is 4.48. The largest absolute Gasteiger partial charge is 0.475 e. The molecule has 0 radical (unpaired) electrons. The molecule has 0 bridgehead atoms. The van der Waals surface area contributed by atoms with Crippen LogP contribution in [0.5, 0.6) is 0 Å². The zero-order valence-electron chi connectivity index (χ0n) is 23.2. The summed E-state index contributed by atoms with van der Waals surface area (Å²) in [5.41, 5.74) is 5.79. The monoisotopic (exact) mass is 510 g/mol.